The van der Waals surface area contributed by atoms with Crippen molar-refractivity contribution in [3.05, 3.63) is 57.6 Å². The lowest BCUT2D eigenvalue weighted by atomic mass is 10.1. The van der Waals surface area contributed by atoms with Gasteiger partial charge in [-0.2, -0.15) is 0 Å². The van der Waals surface area contributed by atoms with Gasteiger partial charge in [0.1, 0.15) is 0 Å². The second-order valence-electron chi connectivity index (χ2n) is 6.00. The van der Waals surface area contributed by atoms with Gasteiger partial charge < -0.3 is 9.73 Å². The molecule has 1 N–H and O–H groups in total. The first-order valence-electron chi connectivity index (χ1n) is 8.02. The largest absolute Gasteiger partial charge is 0.411 e. The molecule has 0 aliphatic heterocycles. The van der Waals surface area contributed by atoms with Crippen molar-refractivity contribution < 1.29 is 9.21 Å². The van der Waals surface area contributed by atoms with E-state index in [1.807, 2.05) is 57.2 Å². The Hall–Kier alpha value is -2.12. The number of rotatable bonds is 5. The molecule has 7 heteroatoms. The first-order chi connectivity index (χ1) is 12.4. The number of aryl methyl sites for hydroxylation is 3. The quantitative estimate of drug-likeness (QED) is 0.565. The molecular formula is C19H18BrN3O2S. The third-order valence-corrected chi connectivity index (χ3v) is 5.33. The zero-order valence-corrected chi connectivity index (χ0v) is 17.1. The molecule has 0 saturated heterocycles. The summed E-state index contributed by atoms with van der Waals surface area (Å²) < 4.78 is 6.50. The number of thioether (sulfide) groups is 1. The SMILES string of the molecule is Cc1cccc(-c2nnc(SCC(=O)Nc3cc(C)c(C)cc3Br)o2)c1. The van der Waals surface area contributed by atoms with E-state index in [0.29, 0.717) is 11.1 Å². The molecule has 2 aromatic carbocycles. The van der Waals surface area contributed by atoms with E-state index in [1.54, 1.807) is 0 Å². The first kappa shape index (κ1) is 18.7. The van der Waals surface area contributed by atoms with Crippen LogP contribution in [0.5, 0.6) is 0 Å². The van der Waals surface area contributed by atoms with E-state index in [9.17, 15) is 4.79 Å². The second-order valence-corrected chi connectivity index (χ2v) is 7.78. The third kappa shape index (κ3) is 4.53. The average molecular weight is 432 g/mol. The molecule has 0 radical (unpaired) electrons. The van der Waals surface area contributed by atoms with E-state index in [-0.39, 0.29) is 11.7 Å². The van der Waals surface area contributed by atoms with Gasteiger partial charge in [0.15, 0.2) is 0 Å². The topological polar surface area (TPSA) is 68.0 Å². The van der Waals surface area contributed by atoms with E-state index in [0.717, 1.165) is 26.9 Å². The number of benzene rings is 2. The van der Waals surface area contributed by atoms with Crippen molar-refractivity contribution in [2.24, 2.45) is 0 Å². The summed E-state index contributed by atoms with van der Waals surface area (Å²) in [5, 5.41) is 11.3. The van der Waals surface area contributed by atoms with Crippen LogP contribution < -0.4 is 5.32 Å². The summed E-state index contributed by atoms with van der Waals surface area (Å²) in [4.78, 5) is 12.2. The maximum absolute atomic E-state index is 12.2. The number of carbonyl (C=O) groups excluding carboxylic acids is 1. The number of carbonyl (C=O) groups is 1. The highest BCUT2D eigenvalue weighted by molar-refractivity contribution is 9.10. The number of amides is 1. The van der Waals surface area contributed by atoms with Crippen molar-refractivity contribution in [1.82, 2.24) is 10.2 Å². The van der Waals surface area contributed by atoms with Crippen molar-refractivity contribution >= 4 is 39.3 Å². The minimum absolute atomic E-state index is 0.130. The third-order valence-electron chi connectivity index (χ3n) is 3.86. The van der Waals surface area contributed by atoms with Crippen LogP contribution in [0, 0.1) is 20.8 Å². The van der Waals surface area contributed by atoms with Gasteiger partial charge in [-0.3, -0.25) is 4.79 Å². The molecule has 0 unspecified atom stereocenters. The molecule has 0 atom stereocenters. The zero-order valence-electron chi connectivity index (χ0n) is 14.7. The van der Waals surface area contributed by atoms with Gasteiger partial charge in [0.2, 0.25) is 11.8 Å². The van der Waals surface area contributed by atoms with Crippen LogP contribution >= 0.6 is 27.7 Å². The van der Waals surface area contributed by atoms with Gasteiger partial charge in [0.05, 0.1) is 11.4 Å². The Balaban J connectivity index is 1.61. The lowest BCUT2D eigenvalue weighted by Gasteiger charge is -2.09. The van der Waals surface area contributed by atoms with Crippen molar-refractivity contribution in [3.63, 3.8) is 0 Å². The van der Waals surface area contributed by atoms with Gasteiger partial charge in [0, 0.05) is 10.0 Å². The smallest absolute Gasteiger partial charge is 0.277 e. The van der Waals surface area contributed by atoms with Crippen LogP contribution in [0.25, 0.3) is 11.5 Å². The van der Waals surface area contributed by atoms with Crippen molar-refractivity contribution in [1.29, 1.82) is 0 Å². The van der Waals surface area contributed by atoms with Gasteiger partial charge in [-0.25, -0.2) is 0 Å². The fraction of sp³-hybridized carbons (Fsp3) is 0.211. The van der Waals surface area contributed by atoms with E-state index >= 15 is 0 Å². The minimum atomic E-state index is -0.130. The zero-order chi connectivity index (χ0) is 18.7. The summed E-state index contributed by atoms with van der Waals surface area (Å²) in [5.41, 5.74) is 5.03. The van der Waals surface area contributed by atoms with E-state index in [4.69, 9.17) is 4.42 Å². The number of aromatic nitrogens is 2. The normalized spacial score (nSPS) is 10.8. The summed E-state index contributed by atoms with van der Waals surface area (Å²) in [5.74, 6) is 0.511. The summed E-state index contributed by atoms with van der Waals surface area (Å²) in [6.45, 7) is 6.05. The van der Waals surface area contributed by atoms with Gasteiger partial charge in [-0.1, -0.05) is 29.5 Å². The summed E-state index contributed by atoms with van der Waals surface area (Å²) in [6, 6.07) is 11.8. The highest BCUT2D eigenvalue weighted by atomic mass is 79.9. The fourth-order valence-corrected chi connectivity index (χ4v) is 3.47. The van der Waals surface area contributed by atoms with Crippen molar-refractivity contribution in [3.8, 4) is 11.5 Å². The van der Waals surface area contributed by atoms with E-state index in [1.165, 1.54) is 17.3 Å². The highest BCUT2D eigenvalue weighted by Crippen LogP contribution is 2.27. The van der Waals surface area contributed by atoms with Gasteiger partial charge >= 0.3 is 0 Å². The Morgan fingerprint density at radius 1 is 1.15 bits per heavy atom. The maximum atomic E-state index is 12.2. The Labute approximate surface area is 164 Å². The second kappa shape index (κ2) is 8.05. The van der Waals surface area contributed by atoms with Crippen LogP contribution in [0.1, 0.15) is 16.7 Å². The molecule has 1 heterocycles. The number of nitrogens with zero attached hydrogens (tertiary/aromatic N) is 2. The standard InChI is InChI=1S/C19H18BrN3O2S/c1-11-5-4-6-14(7-11)18-22-23-19(25-18)26-10-17(24)21-16-9-13(3)12(2)8-15(16)20/h4-9H,10H2,1-3H3,(H,21,24). The Bertz CT molecular complexity index is 956. The number of hydrogen-bond acceptors (Lipinski definition) is 5. The number of anilines is 1. The van der Waals surface area contributed by atoms with Crippen LogP contribution in [0.15, 0.2) is 50.5 Å². The number of hydrogen-bond donors (Lipinski definition) is 1. The Morgan fingerprint density at radius 2 is 1.92 bits per heavy atom. The molecule has 3 aromatic rings. The highest BCUT2D eigenvalue weighted by Gasteiger charge is 2.13. The molecule has 0 aliphatic carbocycles. The summed E-state index contributed by atoms with van der Waals surface area (Å²) in [6.07, 6.45) is 0. The van der Waals surface area contributed by atoms with Crippen molar-refractivity contribution in [2.45, 2.75) is 26.0 Å². The minimum Gasteiger partial charge on any atom is -0.411 e. The maximum Gasteiger partial charge on any atom is 0.277 e. The van der Waals surface area contributed by atoms with Crippen LogP contribution in [-0.2, 0) is 4.79 Å². The molecule has 0 fully saturated rings. The lowest BCUT2D eigenvalue weighted by Crippen LogP contribution is -2.14. The lowest BCUT2D eigenvalue weighted by molar-refractivity contribution is -0.113. The number of halogens is 1. The monoisotopic (exact) mass is 431 g/mol. The molecule has 1 amide bonds. The molecule has 134 valence electrons. The van der Waals surface area contributed by atoms with Gasteiger partial charge in [-0.05, 0) is 72.1 Å². The van der Waals surface area contributed by atoms with Crippen LogP contribution in [0.3, 0.4) is 0 Å². The number of nitrogens with one attached hydrogen (secondary N) is 1. The van der Waals surface area contributed by atoms with E-state index in [2.05, 4.69) is 31.4 Å². The predicted octanol–water partition coefficient (Wildman–Crippen LogP) is 5.16. The molecule has 26 heavy (non-hydrogen) atoms. The Kier molecular flexibility index (Phi) is 5.78. The molecule has 0 spiro atoms. The molecule has 0 bridgehead atoms. The predicted molar refractivity (Wildman–Crippen MR) is 107 cm³/mol. The summed E-state index contributed by atoms with van der Waals surface area (Å²) >= 11 is 4.69. The molecule has 3 rings (SSSR count). The van der Waals surface area contributed by atoms with Crippen LogP contribution in [0.4, 0.5) is 5.69 Å². The van der Waals surface area contributed by atoms with Gasteiger partial charge in [0.25, 0.3) is 5.22 Å². The van der Waals surface area contributed by atoms with Crippen LogP contribution in [0.2, 0.25) is 0 Å². The molecule has 0 aliphatic rings. The molecule has 1 aromatic heterocycles. The first-order valence-corrected chi connectivity index (χ1v) is 9.80. The average Bonchev–Trinajstić information content (AvgIpc) is 3.07. The van der Waals surface area contributed by atoms with Crippen LogP contribution in [-0.4, -0.2) is 21.9 Å². The Morgan fingerprint density at radius 3 is 2.69 bits per heavy atom. The molecule has 5 nitrogen and oxygen atoms in total. The molecule has 0 saturated carbocycles. The molecular weight excluding hydrogens is 414 g/mol. The van der Waals surface area contributed by atoms with Gasteiger partial charge in [-0.15, -0.1) is 10.2 Å². The fourth-order valence-electron chi connectivity index (χ4n) is 2.35. The van der Waals surface area contributed by atoms with Crippen molar-refractivity contribution in [2.75, 3.05) is 11.1 Å². The summed E-state index contributed by atoms with van der Waals surface area (Å²) in [7, 11) is 0. The van der Waals surface area contributed by atoms with E-state index < -0.39 is 0 Å².